The number of urea groups is 1. The number of hydrogen-bond acceptors (Lipinski definition) is 4. The molecule has 0 heterocycles. The van der Waals surface area contributed by atoms with Crippen molar-refractivity contribution in [1.29, 1.82) is 0 Å². The van der Waals surface area contributed by atoms with Crippen LogP contribution >= 0.6 is 23.2 Å². The van der Waals surface area contributed by atoms with Crippen molar-refractivity contribution in [2.75, 3.05) is 13.2 Å². The first-order chi connectivity index (χ1) is 10.5. The van der Waals surface area contributed by atoms with E-state index in [0.717, 1.165) is 12.8 Å². The van der Waals surface area contributed by atoms with Gasteiger partial charge in [-0.2, -0.15) is 0 Å². The van der Waals surface area contributed by atoms with E-state index in [2.05, 4.69) is 5.32 Å². The Bertz CT molecular complexity index is 544. The highest BCUT2D eigenvalue weighted by Gasteiger charge is 2.17. The Morgan fingerprint density at radius 3 is 2.41 bits per heavy atom. The first-order valence-electron chi connectivity index (χ1n) is 6.64. The summed E-state index contributed by atoms with van der Waals surface area (Å²) in [5, 5.41) is 4.78. The molecule has 0 aliphatic carbocycles. The lowest BCUT2D eigenvalue weighted by molar-refractivity contribution is -0.123. The molecule has 0 aromatic heterocycles. The monoisotopic (exact) mass is 346 g/mol. The topological polar surface area (TPSA) is 84.5 Å². The number of rotatable bonds is 6. The molecule has 0 atom stereocenters. The zero-order valence-corrected chi connectivity index (χ0v) is 13.5. The van der Waals surface area contributed by atoms with E-state index in [1.165, 1.54) is 12.1 Å². The number of esters is 1. The Morgan fingerprint density at radius 1 is 1.18 bits per heavy atom. The molecular formula is C14H16Cl2N2O4. The summed E-state index contributed by atoms with van der Waals surface area (Å²) in [6, 6.07) is 3.90. The van der Waals surface area contributed by atoms with E-state index in [9.17, 15) is 14.4 Å². The number of carbonyl (C=O) groups excluding carboxylic acids is 3. The fourth-order valence-electron chi connectivity index (χ4n) is 1.48. The molecule has 0 aliphatic heterocycles. The lowest BCUT2D eigenvalue weighted by Crippen LogP contribution is -2.41. The molecule has 8 heteroatoms. The first kappa shape index (κ1) is 18.3. The third-order valence-corrected chi connectivity index (χ3v) is 3.20. The van der Waals surface area contributed by atoms with Gasteiger partial charge in [0.2, 0.25) is 0 Å². The van der Waals surface area contributed by atoms with E-state index in [4.69, 9.17) is 27.9 Å². The van der Waals surface area contributed by atoms with Crippen LogP contribution in [-0.2, 0) is 9.53 Å². The minimum atomic E-state index is -0.836. The van der Waals surface area contributed by atoms with E-state index in [1.807, 2.05) is 12.2 Å². The van der Waals surface area contributed by atoms with Crippen molar-refractivity contribution in [3.63, 3.8) is 0 Å². The quantitative estimate of drug-likeness (QED) is 0.612. The van der Waals surface area contributed by atoms with E-state index in [1.54, 1.807) is 6.07 Å². The fraction of sp³-hybridized carbons (Fsp3) is 0.357. The van der Waals surface area contributed by atoms with Gasteiger partial charge >= 0.3 is 12.0 Å². The number of hydrogen-bond donors (Lipinski definition) is 2. The Kier molecular flexibility index (Phi) is 7.70. The van der Waals surface area contributed by atoms with Crippen molar-refractivity contribution in [2.45, 2.75) is 19.8 Å². The molecular weight excluding hydrogens is 331 g/mol. The molecule has 0 unspecified atom stereocenters. The molecule has 120 valence electrons. The van der Waals surface area contributed by atoms with Gasteiger partial charge in [0.15, 0.2) is 6.61 Å². The number of unbranched alkanes of at least 4 members (excludes halogenated alkanes) is 1. The number of imide groups is 1. The number of carbonyl (C=O) groups is 3. The molecule has 1 aromatic rings. The van der Waals surface area contributed by atoms with Crippen LogP contribution in [-0.4, -0.2) is 31.1 Å². The molecule has 0 radical (unpaired) electrons. The summed E-state index contributed by atoms with van der Waals surface area (Å²) in [5.41, 5.74) is -0.0222. The van der Waals surface area contributed by atoms with Crippen molar-refractivity contribution in [3.05, 3.63) is 33.8 Å². The van der Waals surface area contributed by atoms with Crippen LogP contribution < -0.4 is 10.6 Å². The van der Waals surface area contributed by atoms with Crippen molar-refractivity contribution in [2.24, 2.45) is 0 Å². The summed E-state index contributed by atoms with van der Waals surface area (Å²) in [7, 11) is 0. The number of benzene rings is 1. The zero-order valence-electron chi connectivity index (χ0n) is 11.9. The lowest BCUT2D eigenvalue weighted by atomic mass is 10.2. The highest BCUT2D eigenvalue weighted by Crippen LogP contribution is 2.24. The van der Waals surface area contributed by atoms with Gasteiger partial charge in [-0.05, 0) is 18.6 Å². The van der Waals surface area contributed by atoms with Crippen molar-refractivity contribution < 1.29 is 19.1 Å². The van der Waals surface area contributed by atoms with Gasteiger partial charge in [0.05, 0.1) is 15.6 Å². The normalized spacial score (nSPS) is 9.95. The summed E-state index contributed by atoms with van der Waals surface area (Å²) in [5.74, 6) is -1.58. The van der Waals surface area contributed by atoms with Gasteiger partial charge in [0.1, 0.15) is 0 Å². The Balaban J connectivity index is 2.44. The highest BCUT2D eigenvalue weighted by molar-refractivity contribution is 6.39. The fourth-order valence-corrected chi connectivity index (χ4v) is 2.03. The maximum Gasteiger partial charge on any atom is 0.341 e. The molecule has 2 N–H and O–H groups in total. The van der Waals surface area contributed by atoms with Gasteiger partial charge in [0, 0.05) is 6.54 Å². The van der Waals surface area contributed by atoms with Gasteiger partial charge in [-0.25, -0.2) is 9.59 Å². The second-order valence-electron chi connectivity index (χ2n) is 4.33. The third kappa shape index (κ3) is 5.91. The van der Waals surface area contributed by atoms with Crippen LogP contribution in [0.1, 0.15) is 30.1 Å². The van der Waals surface area contributed by atoms with E-state index < -0.39 is 24.5 Å². The number of amides is 3. The average Bonchev–Trinajstić information content (AvgIpc) is 2.45. The van der Waals surface area contributed by atoms with Crippen LogP contribution in [0.4, 0.5) is 4.79 Å². The summed E-state index contributed by atoms with van der Waals surface area (Å²) in [6.07, 6.45) is 1.73. The third-order valence-electron chi connectivity index (χ3n) is 2.57. The Morgan fingerprint density at radius 2 is 1.82 bits per heavy atom. The van der Waals surface area contributed by atoms with Gasteiger partial charge in [-0.3, -0.25) is 10.1 Å². The standard InChI is InChI=1S/C14H16Cl2N2O4/c1-2-3-7-17-14(21)18-11(19)8-22-13(20)12-9(15)5-4-6-10(12)16/h4-6H,2-3,7-8H2,1H3,(H2,17,18,19,21). The van der Waals surface area contributed by atoms with Crippen LogP contribution in [0.25, 0.3) is 0 Å². The molecule has 0 saturated heterocycles. The van der Waals surface area contributed by atoms with Crippen LogP contribution in [0.2, 0.25) is 10.0 Å². The summed E-state index contributed by atoms with van der Waals surface area (Å²) in [6.45, 7) is 1.83. The summed E-state index contributed by atoms with van der Waals surface area (Å²) >= 11 is 11.7. The SMILES string of the molecule is CCCCNC(=O)NC(=O)COC(=O)c1c(Cl)cccc1Cl. The van der Waals surface area contributed by atoms with Crippen LogP contribution in [0, 0.1) is 0 Å². The van der Waals surface area contributed by atoms with Crippen LogP contribution in [0.3, 0.4) is 0 Å². The van der Waals surface area contributed by atoms with E-state index >= 15 is 0 Å². The molecule has 1 aromatic carbocycles. The Hall–Kier alpha value is -1.79. The lowest BCUT2D eigenvalue weighted by Gasteiger charge is -2.08. The second-order valence-corrected chi connectivity index (χ2v) is 5.14. The second kappa shape index (κ2) is 9.27. The van der Waals surface area contributed by atoms with E-state index in [-0.39, 0.29) is 15.6 Å². The number of halogens is 2. The minimum absolute atomic E-state index is 0.0222. The molecule has 1 rings (SSSR count). The molecule has 22 heavy (non-hydrogen) atoms. The number of ether oxygens (including phenoxy) is 1. The van der Waals surface area contributed by atoms with Gasteiger partial charge < -0.3 is 10.1 Å². The summed E-state index contributed by atoms with van der Waals surface area (Å²) < 4.78 is 4.78. The summed E-state index contributed by atoms with van der Waals surface area (Å²) in [4.78, 5) is 34.6. The predicted octanol–water partition coefficient (Wildman–Crippen LogP) is 2.78. The van der Waals surface area contributed by atoms with Gasteiger partial charge in [-0.1, -0.05) is 42.6 Å². The molecule has 0 fully saturated rings. The van der Waals surface area contributed by atoms with Gasteiger partial charge in [0.25, 0.3) is 5.91 Å². The molecule has 3 amide bonds. The predicted molar refractivity (Wildman–Crippen MR) is 83.2 cm³/mol. The molecule has 0 saturated carbocycles. The Labute approximate surface area is 138 Å². The molecule has 0 spiro atoms. The maximum absolute atomic E-state index is 11.8. The van der Waals surface area contributed by atoms with Crippen molar-refractivity contribution in [1.82, 2.24) is 10.6 Å². The maximum atomic E-state index is 11.8. The highest BCUT2D eigenvalue weighted by atomic mass is 35.5. The smallest absolute Gasteiger partial charge is 0.341 e. The number of nitrogens with one attached hydrogen (secondary N) is 2. The van der Waals surface area contributed by atoms with Crippen molar-refractivity contribution >= 4 is 41.1 Å². The first-order valence-corrected chi connectivity index (χ1v) is 7.40. The average molecular weight is 347 g/mol. The molecule has 6 nitrogen and oxygen atoms in total. The molecule has 0 aliphatic rings. The van der Waals surface area contributed by atoms with Crippen LogP contribution in [0.15, 0.2) is 18.2 Å². The largest absolute Gasteiger partial charge is 0.452 e. The van der Waals surface area contributed by atoms with Crippen molar-refractivity contribution in [3.8, 4) is 0 Å². The zero-order chi connectivity index (χ0) is 16.5. The minimum Gasteiger partial charge on any atom is -0.452 e. The molecule has 0 bridgehead atoms. The van der Waals surface area contributed by atoms with Gasteiger partial charge in [-0.15, -0.1) is 0 Å². The van der Waals surface area contributed by atoms with E-state index in [0.29, 0.717) is 6.54 Å². The van der Waals surface area contributed by atoms with Crippen LogP contribution in [0.5, 0.6) is 0 Å².